The van der Waals surface area contributed by atoms with Crippen molar-refractivity contribution in [2.24, 2.45) is 0 Å². The Bertz CT molecular complexity index is 659. The molecule has 2 heterocycles. The molecule has 122 valence electrons. The van der Waals surface area contributed by atoms with Gasteiger partial charge in [0.05, 0.1) is 10.6 Å². The summed E-state index contributed by atoms with van der Waals surface area (Å²) in [6, 6.07) is 4.62. The first-order valence-electron chi connectivity index (χ1n) is 7.92. The summed E-state index contributed by atoms with van der Waals surface area (Å²) in [7, 11) is 0. The molecule has 1 saturated heterocycles. The van der Waals surface area contributed by atoms with Crippen molar-refractivity contribution in [3.8, 4) is 0 Å². The highest BCUT2D eigenvalue weighted by Gasteiger charge is 2.29. The molecule has 2 aliphatic rings. The van der Waals surface area contributed by atoms with E-state index in [4.69, 9.17) is 0 Å². The fraction of sp³-hybridized carbons (Fsp3) is 0.500. The molecule has 0 spiro atoms. The summed E-state index contributed by atoms with van der Waals surface area (Å²) >= 11 is 0. The molecule has 0 aliphatic carbocycles. The van der Waals surface area contributed by atoms with Gasteiger partial charge in [-0.15, -0.1) is 0 Å². The first kappa shape index (κ1) is 15.5. The Hall–Kier alpha value is -2.44. The molecular formula is C16H19N3O4. The van der Waals surface area contributed by atoms with Crippen molar-refractivity contribution in [3.63, 3.8) is 0 Å². The first-order valence-corrected chi connectivity index (χ1v) is 7.92. The summed E-state index contributed by atoms with van der Waals surface area (Å²) in [5, 5.41) is 10.9. The Labute approximate surface area is 134 Å². The van der Waals surface area contributed by atoms with E-state index in [-0.39, 0.29) is 24.0 Å². The van der Waals surface area contributed by atoms with Gasteiger partial charge in [-0.2, -0.15) is 0 Å². The van der Waals surface area contributed by atoms with Crippen LogP contribution in [0, 0.1) is 10.1 Å². The van der Waals surface area contributed by atoms with Crippen LogP contribution < -0.4 is 4.90 Å². The SMILES string of the molecule is O=C1CCCCCN1CC(=O)N1CCc2ccc([N+](=O)[O-])cc21. The lowest BCUT2D eigenvalue weighted by atomic mass is 10.1. The molecule has 3 rings (SSSR count). The number of nitrogens with zero attached hydrogens (tertiary/aromatic N) is 3. The van der Waals surface area contributed by atoms with Crippen LogP contribution in [0.25, 0.3) is 0 Å². The fourth-order valence-electron chi connectivity index (χ4n) is 3.19. The maximum absolute atomic E-state index is 12.6. The van der Waals surface area contributed by atoms with Crippen molar-refractivity contribution < 1.29 is 14.5 Å². The summed E-state index contributed by atoms with van der Waals surface area (Å²) in [4.78, 5) is 38.2. The van der Waals surface area contributed by atoms with Crippen LogP contribution in [-0.4, -0.2) is 41.3 Å². The molecular weight excluding hydrogens is 298 g/mol. The molecule has 0 saturated carbocycles. The monoisotopic (exact) mass is 317 g/mol. The summed E-state index contributed by atoms with van der Waals surface area (Å²) in [6.07, 6.45) is 3.99. The molecule has 1 aromatic carbocycles. The van der Waals surface area contributed by atoms with Gasteiger partial charge in [-0.05, 0) is 24.8 Å². The maximum atomic E-state index is 12.6. The molecule has 0 atom stereocenters. The molecule has 1 aromatic rings. The van der Waals surface area contributed by atoms with E-state index < -0.39 is 4.92 Å². The molecule has 0 unspecified atom stereocenters. The van der Waals surface area contributed by atoms with Crippen LogP contribution in [0.15, 0.2) is 18.2 Å². The third-order valence-corrected chi connectivity index (χ3v) is 4.47. The molecule has 0 N–H and O–H groups in total. The third-order valence-electron chi connectivity index (χ3n) is 4.47. The van der Waals surface area contributed by atoms with Crippen LogP contribution in [0.3, 0.4) is 0 Å². The number of carbonyl (C=O) groups excluding carboxylic acids is 2. The van der Waals surface area contributed by atoms with Crippen molar-refractivity contribution >= 4 is 23.2 Å². The van der Waals surface area contributed by atoms with Crippen LogP contribution in [0.5, 0.6) is 0 Å². The summed E-state index contributed by atoms with van der Waals surface area (Å²) < 4.78 is 0. The highest BCUT2D eigenvalue weighted by atomic mass is 16.6. The van der Waals surface area contributed by atoms with Gasteiger partial charge in [0.2, 0.25) is 11.8 Å². The number of hydrogen-bond acceptors (Lipinski definition) is 4. The zero-order chi connectivity index (χ0) is 16.4. The molecule has 1 fully saturated rings. The Morgan fingerprint density at radius 3 is 2.78 bits per heavy atom. The number of anilines is 1. The highest BCUT2D eigenvalue weighted by Crippen LogP contribution is 2.31. The van der Waals surface area contributed by atoms with E-state index >= 15 is 0 Å². The minimum absolute atomic E-state index is 0.0192. The van der Waals surface area contributed by atoms with Crippen LogP contribution in [-0.2, 0) is 16.0 Å². The van der Waals surface area contributed by atoms with E-state index in [1.807, 2.05) is 0 Å². The van der Waals surface area contributed by atoms with Gasteiger partial charge in [0, 0.05) is 31.6 Å². The van der Waals surface area contributed by atoms with Gasteiger partial charge in [0.15, 0.2) is 0 Å². The van der Waals surface area contributed by atoms with Gasteiger partial charge in [-0.1, -0.05) is 12.5 Å². The minimum atomic E-state index is -0.459. The normalized spacial score (nSPS) is 17.8. The number of rotatable bonds is 3. The van der Waals surface area contributed by atoms with E-state index in [1.54, 1.807) is 15.9 Å². The molecule has 23 heavy (non-hydrogen) atoms. The minimum Gasteiger partial charge on any atom is -0.333 e. The number of likely N-dealkylation sites (tertiary alicyclic amines) is 1. The zero-order valence-electron chi connectivity index (χ0n) is 12.9. The lowest BCUT2D eigenvalue weighted by Crippen LogP contribution is -2.42. The number of hydrogen-bond donors (Lipinski definition) is 0. The van der Waals surface area contributed by atoms with Gasteiger partial charge >= 0.3 is 0 Å². The van der Waals surface area contributed by atoms with Gasteiger partial charge in [0.25, 0.3) is 5.69 Å². The Morgan fingerprint density at radius 1 is 1.17 bits per heavy atom. The molecule has 0 bridgehead atoms. The smallest absolute Gasteiger partial charge is 0.271 e. The second-order valence-corrected chi connectivity index (χ2v) is 5.99. The number of nitro groups is 1. The predicted molar refractivity (Wildman–Crippen MR) is 84.2 cm³/mol. The topological polar surface area (TPSA) is 83.8 Å². The lowest BCUT2D eigenvalue weighted by Gasteiger charge is -2.24. The summed E-state index contributed by atoms with van der Waals surface area (Å²) in [5.74, 6) is -0.145. The fourth-order valence-corrected chi connectivity index (χ4v) is 3.19. The van der Waals surface area contributed by atoms with Crippen molar-refractivity contribution in [2.75, 3.05) is 24.5 Å². The predicted octanol–water partition coefficient (Wildman–Crippen LogP) is 1.89. The quantitative estimate of drug-likeness (QED) is 0.629. The Kier molecular flexibility index (Phi) is 4.27. The van der Waals surface area contributed by atoms with E-state index in [2.05, 4.69) is 0 Å². The van der Waals surface area contributed by atoms with Crippen LogP contribution in [0.4, 0.5) is 11.4 Å². The second kappa shape index (κ2) is 6.36. The molecule has 2 aliphatic heterocycles. The first-order chi connectivity index (χ1) is 11.1. The van der Waals surface area contributed by atoms with Crippen molar-refractivity contribution in [3.05, 3.63) is 33.9 Å². The standard InChI is InChI=1S/C16H19N3O4/c20-15-4-2-1-3-8-17(15)11-16(21)18-9-7-12-5-6-13(19(22)23)10-14(12)18/h5-6,10H,1-4,7-9,11H2. The molecule has 0 aromatic heterocycles. The highest BCUT2D eigenvalue weighted by molar-refractivity contribution is 5.98. The van der Waals surface area contributed by atoms with E-state index in [0.29, 0.717) is 31.6 Å². The number of carbonyl (C=O) groups is 2. The van der Waals surface area contributed by atoms with Crippen molar-refractivity contribution in [2.45, 2.75) is 32.1 Å². The Morgan fingerprint density at radius 2 is 2.00 bits per heavy atom. The summed E-state index contributed by atoms with van der Waals surface area (Å²) in [5.41, 5.74) is 1.52. The van der Waals surface area contributed by atoms with Gasteiger partial charge < -0.3 is 9.80 Å². The van der Waals surface area contributed by atoms with E-state index in [9.17, 15) is 19.7 Å². The Balaban J connectivity index is 1.76. The van der Waals surface area contributed by atoms with E-state index in [1.165, 1.54) is 12.1 Å². The average Bonchev–Trinajstić information content (AvgIpc) is 2.85. The largest absolute Gasteiger partial charge is 0.333 e. The maximum Gasteiger partial charge on any atom is 0.271 e. The van der Waals surface area contributed by atoms with Crippen LogP contribution >= 0.6 is 0 Å². The zero-order valence-corrected chi connectivity index (χ0v) is 12.9. The average molecular weight is 317 g/mol. The van der Waals surface area contributed by atoms with Crippen LogP contribution in [0.1, 0.15) is 31.2 Å². The molecule has 0 radical (unpaired) electrons. The number of amides is 2. The number of fused-ring (bicyclic) bond motifs is 1. The van der Waals surface area contributed by atoms with E-state index in [0.717, 1.165) is 24.8 Å². The van der Waals surface area contributed by atoms with Crippen molar-refractivity contribution in [1.82, 2.24) is 4.90 Å². The molecule has 7 heteroatoms. The van der Waals surface area contributed by atoms with Gasteiger partial charge in [-0.25, -0.2) is 0 Å². The number of benzene rings is 1. The lowest BCUT2D eigenvalue weighted by molar-refractivity contribution is -0.384. The number of nitro benzene ring substituents is 1. The van der Waals surface area contributed by atoms with Crippen LogP contribution in [0.2, 0.25) is 0 Å². The summed E-state index contributed by atoms with van der Waals surface area (Å²) in [6.45, 7) is 1.18. The second-order valence-electron chi connectivity index (χ2n) is 5.99. The molecule has 2 amide bonds. The number of non-ortho nitro benzene ring substituents is 1. The van der Waals surface area contributed by atoms with Gasteiger partial charge in [0.1, 0.15) is 6.54 Å². The van der Waals surface area contributed by atoms with Crippen molar-refractivity contribution in [1.29, 1.82) is 0 Å². The molecule has 7 nitrogen and oxygen atoms in total. The van der Waals surface area contributed by atoms with Gasteiger partial charge in [-0.3, -0.25) is 19.7 Å². The third kappa shape index (κ3) is 3.18.